The van der Waals surface area contributed by atoms with Gasteiger partial charge in [-0.2, -0.15) is 5.10 Å². The van der Waals surface area contributed by atoms with Crippen molar-refractivity contribution in [2.45, 2.75) is 52.1 Å². The monoisotopic (exact) mass is 314 g/mol. The second-order valence-corrected chi connectivity index (χ2v) is 6.25. The number of nitrogens with one attached hydrogen (secondary N) is 1. The Hall–Kier alpha value is -1.88. The zero-order valence-corrected chi connectivity index (χ0v) is 14.1. The molecule has 1 aromatic carbocycles. The Kier molecular flexibility index (Phi) is 5.28. The van der Waals surface area contributed by atoms with Gasteiger partial charge in [-0.25, -0.2) is 4.98 Å². The summed E-state index contributed by atoms with van der Waals surface area (Å²) in [6, 6.07) is 8.82. The molecule has 124 valence electrons. The topological polar surface area (TPSA) is 54.0 Å². The minimum atomic E-state index is 0.334. The number of hydrogen-bond donors (Lipinski definition) is 1. The van der Waals surface area contributed by atoms with Crippen LogP contribution in [0.25, 0.3) is 0 Å². The number of aromatic amines is 1. The molecule has 1 atom stereocenters. The number of unbranched alkanes of at least 4 members (excludes halogenated alkanes) is 1. The number of benzene rings is 1. The highest BCUT2D eigenvalue weighted by Gasteiger charge is 2.28. The van der Waals surface area contributed by atoms with Crippen molar-refractivity contribution < 1.29 is 4.74 Å². The van der Waals surface area contributed by atoms with E-state index in [1.54, 1.807) is 0 Å². The Bertz CT molecular complexity index is 608. The molecule has 1 aliphatic rings. The summed E-state index contributed by atoms with van der Waals surface area (Å²) < 4.78 is 5.73. The smallest absolute Gasteiger partial charge is 0.167 e. The molecule has 0 bridgehead atoms. The lowest BCUT2D eigenvalue weighted by Gasteiger charge is -2.22. The minimum absolute atomic E-state index is 0.334. The van der Waals surface area contributed by atoms with E-state index in [2.05, 4.69) is 51.3 Å². The third kappa shape index (κ3) is 4.10. The highest BCUT2D eigenvalue weighted by molar-refractivity contribution is 5.27. The summed E-state index contributed by atoms with van der Waals surface area (Å²) in [5.74, 6) is 2.78. The maximum atomic E-state index is 5.73. The summed E-state index contributed by atoms with van der Waals surface area (Å²) >= 11 is 0. The minimum Gasteiger partial charge on any atom is -0.494 e. The number of aryl methyl sites for hydroxylation is 1. The van der Waals surface area contributed by atoms with E-state index in [1.165, 1.54) is 12.0 Å². The van der Waals surface area contributed by atoms with Crippen molar-refractivity contribution in [3.05, 3.63) is 41.5 Å². The highest BCUT2D eigenvalue weighted by Crippen LogP contribution is 2.31. The highest BCUT2D eigenvalue weighted by atomic mass is 16.5. The molecule has 5 heteroatoms. The van der Waals surface area contributed by atoms with Crippen molar-refractivity contribution in [1.29, 1.82) is 0 Å². The van der Waals surface area contributed by atoms with Gasteiger partial charge in [0.1, 0.15) is 11.6 Å². The fraction of sp³-hybridized carbons (Fsp3) is 0.556. The average Bonchev–Trinajstić information content (AvgIpc) is 3.18. The van der Waals surface area contributed by atoms with Crippen molar-refractivity contribution in [3.63, 3.8) is 0 Å². The molecule has 0 aliphatic carbocycles. The lowest BCUT2D eigenvalue weighted by Crippen LogP contribution is -2.23. The maximum absolute atomic E-state index is 5.73. The summed E-state index contributed by atoms with van der Waals surface area (Å²) in [6.07, 6.45) is 4.61. The molecule has 2 aromatic rings. The number of H-pyrrole nitrogens is 1. The van der Waals surface area contributed by atoms with Crippen LogP contribution in [-0.4, -0.2) is 33.2 Å². The Balaban J connectivity index is 1.59. The molecule has 1 aromatic heterocycles. The fourth-order valence-electron chi connectivity index (χ4n) is 3.08. The molecule has 1 N–H and O–H groups in total. The van der Waals surface area contributed by atoms with Gasteiger partial charge in [0.05, 0.1) is 12.6 Å². The molecule has 0 spiro atoms. The van der Waals surface area contributed by atoms with Crippen LogP contribution in [0, 0.1) is 6.92 Å². The molecule has 0 unspecified atom stereocenters. The van der Waals surface area contributed by atoms with Crippen molar-refractivity contribution in [2.24, 2.45) is 0 Å². The van der Waals surface area contributed by atoms with Gasteiger partial charge in [-0.1, -0.05) is 25.5 Å². The molecule has 1 saturated heterocycles. The van der Waals surface area contributed by atoms with E-state index < -0.39 is 0 Å². The second-order valence-electron chi connectivity index (χ2n) is 6.25. The molecule has 0 radical (unpaired) electrons. The summed E-state index contributed by atoms with van der Waals surface area (Å²) in [5.41, 5.74) is 1.31. The van der Waals surface area contributed by atoms with Crippen LogP contribution >= 0.6 is 0 Å². The Morgan fingerprint density at radius 3 is 2.83 bits per heavy atom. The van der Waals surface area contributed by atoms with Crippen LogP contribution in [0.2, 0.25) is 0 Å². The summed E-state index contributed by atoms with van der Waals surface area (Å²) in [4.78, 5) is 6.98. The first-order chi connectivity index (χ1) is 11.3. The molecule has 5 nitrogen and oxygen atoms in total. The standard InChI is InChI=1S/C18H26N4O/c1-3-4-12-23-16-9-7-15(8-10-16)13-22-11-5-6-17(22)18-19-14(2)20-21-18/h7-10,17H,3-6,11-13H2,1-2H3,(H,19,20,21)/t17-/m0/s1. The van der Waals surface area contributed by atoms with E-state index in [4.69, 9.17) is 4.74 Å². The van der Waals surface area contributed by atoms with Crippen LogP contribution in [0.3, 0.4) is 0 Å². The van der Waals surface area contributed by atoms with Crippen LogP contribution in [0.4, 0.5) is 0 Å². The zero-order valence-electron chi connectivity index (χ0n) is 14.1. The van der Waals surface area contributed by atoms with Crippen LogP contribution in [-0.2, 0) is 6.54 Å². The molecule has 3 rings (SSSR count). The van der Waals surface area contributed by atoms with Crippen LogP contribution < -0.4 is 4.74 Å². The van der Waals surface area contributed by atoms with Gasteiger partial charge in [-0.15, -0.1) is 0 Å². The van der Waals surface area contributed by atoms with E-state index >= 15 is 0 Å². The van der Waals surface area contributed by atoms with Gasteiger partial charge in [0.15, 0.2) is 5.82 Å². The van der Waals surface area contributed by atoms with E-state index in [0.717, 1.165) is 56.4 Å². The molecule has 1 aliphatic heterocycles. The van der Waals surface area contributed by atoms with Crippen molar-refractivity contribution in [3.8, 4) is 5.75 Å². The van der Waals surface area contributed by atoms with Crippen LogP contribution in [0.5, 0.6) is 5.75 Å². The summed E-state index contributed by atoms with van der Waals surface area (Å²) in [6.45, 7) is 6.97. The van der Waals surface area contributed by atoms with E-state index in [1.807, 2.05) is 6.92 Å². The van der Waals surface area contributed by atoms with Gasteiger partial charge in [0, 0.05) is 6.54 Å². The molecule has 23 heavy (non-hydrogen) atoms. The number of aromatic nitrogens is 3. The number of rotatable bonds is 7. The number of nitrogens with zero attached hydrogens (tertiary/aromatic N) is 3. The Morgan fingerprint density at radius 1 is 1.30 bits per heavy atom. The number of ether oxygens (including phenoxy) is 1. The first-order valence-corrected chi connectivity index (χ1v) is 8.61. The lowest BCUT2D eigenvalue weighted by molar-refractivity contribution is 0.240. The van der Waals surface area contributed by atoms with E-state index in [0.29, 0.717) is 6.04 Å². The second kappa shape index (κ2) is 7.59. The fourth-order valence-corrected chi connectivity index (χ4v) is 3.08. The first-order valence-electron chi connectivity index (χ1n) is 8.61. The van der Waals surface area contributed by atoms with Crippen molar-refractivity contribution in [2.75, 3.05) is 13.2 Å². The lowest BCUT2D eigenvalue weighted by atomic mass is 10.1. The third-order valence-corrected chi connectivity index (χ3v) is 4.35. The molecule has 0 amide bonds. The van der Waals surface area contributed by atoms with Crippen molar-refractivity contribution in [1.82, 2.24) is 20.1 Å². The van der Waals surface area contributed by atoms with Crippen molar-refractivity contribution >= 4 is 0 Å². The number of likely N-dealkylation sites (tertiary alicyclic amines) is 1. The van der Waals surface area contributed by atoms with E-state index in [9.17, 15) is 0 Å². The van der Waals surface area contributed by atoms with E-state index in [-0.39, 0.29) is 0 Å². The number of hydrogen-bond acceptors (Lipinski definition) is 4. The first kappa shape index (κ1) is 16.0. The molecule has 0 saturated carbocycles. The Labute approximate surface area is 138 Å². The van der Waals surface area contributed by atoms with Crippen LogP contribution in [0.15, 0.2) is 24.3 Å². The Morgan fingerprint density at radius 2 is 2.13 bits per heavy atom. The molecular weight excluding hydrogens is 288 g/mol. The predicted octanol–water partition coefficient (Wildman–Crippen LogP) is 3.63. The summed E-state index contributed by atoms with van der Waals surface area (Å²) in [5, 5.41) is 7.31. The average molecular weight is 314 g/mol. The third-order valence-electron chi connectivity index (χ3n) is 4.35. The molecular formula is C18H26N4O. The van der Waals surface area contributed by atoms with Gasteiger partial charge in [0.2, 0.25) is 0 Å². The largest absolute Gasteiger partial charge is 0.494 e. The summed E-state index contributed by atoms with van der Waals surface area (Å²) in [7, 11) is 0. The van der Waals surface area contributed by atoms with Gasteiger partial charge < -0.3 is 4.74 Å². The predicted molar refractivity (Wildman–Crippen MR) is 90.3 cm³/mol. The quantitative estimate of drug-likeness (QED) is 0.793. The van der Waals surface area contributed by atoms with Gasteiger partial charge in [-0.05, 0) is 50.4 Å². The normalized spacial score (nSPS) is 18.4. The molecule has 1 fully saturated rings. The SMILES string of the molecule is CCCCOc1ccc(CN2CCC[C@H]2c2n[nH]c(C)n2)cc1. The zero-order chi connectivity index (χ0) is 16.1. The van der Waals surface area contributed by atoms with Gasteiger partial charge in [0.25, 0.3) is 0 Å². The van der Waals surface area contributed by atoms with Crippen LogP contribution in [0.1, 0.15) is 55.9 Å². The molecule has 2 heterocycles. The van der Waals surface area contributed by atoms with Gasteiger partial charge >= 0.3 is 0 Å². The van der Waals surface area contributed by atoms with Gasteiger partial charge in [-0.3, -0.25) is 10.00 Å². The maximum Gasteiger partial charge on any atom is 0.167 e.